The molecule has 1 aliphatic heterocycles. The average Bonchev–Trinajstić information content (AvgIpc) is 3.28. The minimum absolute atomic E-state index is 0.0535. The molecule has 1 amide bonds. The lowest BCUT2D eigenvalue weighted by Gasteiger charge is -2.34. The molecule has 4 rings (SSSR count). The molecule has 36 heavy (non-hydrogen) atoms. The summed E-state index contributed by atoms with van der Waals surface area (Å²) in [5, 5.41) is 13.4. The second-order valence-corrected chi connectivity index (χ2v) is 11.1. The Morgan fingerprint density at radius 1 is 1.03 bits per heavy atom. The number of nitrogens with one attached hydrogen (secondary N) is 1. The number of aromatic nitrogens is 1. The van der Waals surface area contributed by atoms with E-state index in [4.69, 9.17) is 4.42 Å². The number of oxazole rings is 1. The lowest BCUT2D eigenvalue weighted by atomic mass is 9.92. The first-order valence-corrected chi connectivity index (χ1v) is 13.8. The molecule has 0 spiro atoms. The normalized spacial score (nSPS) is 15.3. The number of rotatable bonds is 10. The summed E-state index contributed by atoms with van der Waals surface area (Å²) < 4.78 is 5.86. The maximum atomic E-state index is 13.0. The van der Waals surface area contributed by atoms with Gasteiger partial charge in [-0.15, -0.1) is 0 Å². The van der Waals surface area contributed by atoms with E-state index in [2.05, 4.69) is 66.0 Å². The molecule has 0 saturated carbocycles. The summed E-state index contributed by atoms with van der Waals surface area (Å²) in [5.41, 5.74) is 5.61. The van der Waals surface area contributed by atoms with Gasteiger partial charge in [0.1, 0.15) is 5.52 Å². The van der Waals surface area contributed by atoms with Crippen LogP contribution in [0.15, 0.2) is 46.0 Å². The number of amides is 1. The SMILES string of the molecule is CC(C)c1cccc(C(C)C)c1NC(=O)CN1CCN(CCSc2nc3cccc(CO)c3o2)CC1. The molecular weight excluding hydrogens is 472 g/mol. The number of anilines is 1. The van der Waals surface area contributed by atoms with Crippen molar-refractivity contribution in [2.45, 2.75) is 51.4 Å². The summed E-state index contributed by atoms with van der Waals surface area (Å²) in [6.07, 6.45) is 0. The third-order valence-electron chi connectivity index (χ3n) is 6.75. The molecule has 0 radical (unpaired) electrons. The summed E-state index contributed by atoms with van der Waals surface area (Å²) >= 11 is 1.60. The van der Waals surface area contributed by atoms with Crippen molar-refractivity contribution in [1.29, 1.82) is 0 Å². The highest BCUT2D eigenvalue weighted by Crippen LogP contribution is 2.32. The van der Waals surface area contributed by atoms with Crippen LogP contribution < -0.4 is 5.32 Å². The van der Waals surface area contributed by atoms with Crippen molar-refractivity contribution in [3.05, 3.63) is 53.1 Å². The molecule has 8 heteroatoms. The fraction of sp³-hybridized carbons (Fsp3) is 0.500. The minimum Gasteiger partial charge on any atom is -0.431 e. The molecule has 1 aliphatic rings. The molecular formula is C28H38N4O3S. The summed E-state index contributed by atoms with van der Waals surface area (Å²) in [4.78, 5) is 22.2. The molecule has 7 nitrogen and oxygen atoms in total. The molecule has 0 unspecified atom stereocenters. The van der Waals surface area contributed by atoms with E-state index in [-0.39, 0.29) is 12.5 Å². The Bertz CT molecular complexity index is 1140. The van der Waals surface area contributed by atoms with Gasteiger partial charge in [0.05, 0.1) is 13.2 Å². The average molecular weight is 511 g/mol. The fourth-order valence-electron chi connectivity index (χ4n) is 4.68. The van der Waals surface area contributed by atoms with Gasteiger partial charge in [-0.3, -0.25) is 14.6 Å². The smallest absolute Gasteiger partial charge is 0.256 e. The van der Waals surface area contributed by atoms with Crippen molar-refractivity contribution in [2.24, 2.45) is 0 Å². The molecule has 0 bridgehead atoms. The molecule has 2 aromatic carbocycles. The monoisotopic (exact) mass is 510 g/mol. The van der Waals surface area contributed by atoms with Crippen LogP contribution in [-0.2, 0) is 11.4 Å². The highest BCUT2D eigenvalue weighted by atomic mass is 32.2. The number of benzene rings is 2. The van der Waals surface area contributed by atoms with Crippen LogP contribution in [0, 0.1) is 0 Å². The minimum atomic E-state index is -0.0535. The van der Waals surface area contributed by atoms with E-state index in [1.807, 2.05) is 18.2 Å². The van der Waals surface area contributed by atoms with Crippen LogP contribution in [0.4, 0.5) is 5.69 Å². The molecule has 2 N–H and O–H groups in total. The van der Waals surface area contributed by atoms with E-state index in [1.165, 1.54) is 11.1 Å². The first-order valence-electron chi connectivity index (χ1n) is 12.8. The van der Waals surface area contributed by atoms with Crippen molar-refractivity contribution >= 4 is 34.5 Å². The van der Waals surface area contributed by atoms with Gasteiger partial charge in [0, 0.05) is 49.7 Å². The Kier molecular flexibility index (Phi) is 9.06. The molecule has 1 aromatic heterocycles. The number of carbonyl (C=O) groups is 1. The number of hydrogen-bond donors (Lipinski definition) is 2. The third kappa shape index (κ3) is 6.48. The number of thioether (sulfide) groups is 1. The first kappa shape index (κ1) is 26.7. The van der Waals surface area contributed by atoms with Gasteiger partial charge in [-0.2, -0.15) is 0 Å². The van der Waals surface area contributed by atoms with E-state index in [0.717, 1.165) is 55.2 Å². The Labute approximate surface area is 218 Å². The van der Waals surface area contributed by atoms with Gasteiger partial charge in [-0.25, -0.2) is 4.98 Å². The van der Waals surface area contributed by atoms with Crippen molar-refractivity contribution in [1.82, 2.24) is 14.8 Å². The fourth-order valence-corrected chi connectivity index (χ4v) is 5.51. The summed E-state index contributed by atoms with van der Waals surface area (Å²) in [6.45, 7) is 13.6. The van der Waals surface area contributed by atoms with E-state index < -0.39 is 0 Å². The number of aliphatic hydroxyl groups is 1. The number of para-hydroxylation sites is 2. The maximum Gasteiger partial charge on any atom is 0.256 e. The molecule has 194 valence electrons. The van der Waals surface area contributed by atoms with Gasteiger partial charge < -0.3 is 14.8 Å². The number of aliphatic hydroxyl groups excluding tert-OH is 1. The Hall–Kier alpha value is -2.39. The van der Waals surface area contributed by atoms with Gasteiger partial charge in [0.2, 0.25) is 5.91 Å². The number of nitrogens with zero attached hydrogens (tertiary/aromatic N) is 3. The van der Waals surface area contributed by atoms with Crippen LogP contribution in [0.5, 0.6) is 0 Å². The van der Waals surface area contributed by atoms with Crippen LogP contribution in [0.1, 0.15) is 56.2 Å². The second-order valence-electron chi connectivity index (χ2n) is 10.0. The van der Waals surface area contributed by atoms with Crippen molar-refractivity contribution in [3.8, 4) is 0 Å². The number of carbonyl (C=O) groups excluding carboxylic acids is 1. The van der Waals surface area contributed by atoms with Crippen LogP contribution >= 0.6 is 11.8 Å². The second kappa shape index (κ2) is 12.2. The molecule has 1 saturated heterocycles. The summed E-state index contributed by atoms with van der Waals surface area (Å²) in [5.74, 6) is 1.65. The quantitative estimate of drug-likeness (QED) is 0.375. The van der Waals surface area contributed by atoms with Crippen LogP contribution in [-0.4, -0.2) is 70.8 Å². The van der Waals surface area contributed by atoms with Gasteiger partial charge in [0.25, 0.3) is 5.22 Å². The van der Waals surface area contributed by atoms with E-state index in [9.17, 15) is 9.90 Å². The Morgan fingerprint density at radius 3 is 2.31 bits per heavy atom. The maximum absolute atomic E-state index is 13.0. The molecule has 0 aliphatic carbocycles. The van der Waals surface area contributed by atoms with Crippen molar-refractivity contribution in [3.63, 3.8) is 0 Å². The lowest BCUT2D eigenvalue weighted by molar-refractivity contribution is -0.117. The lowest BCUT2D eigenvalue weighted by Crippen LogP contribution is -2.49. The third-order valence-corrected chi connectivity index (χ3v) is 7.56. The van der Waals surface area contributed by atoms with E-state index >= 15 is 0 Å². The number of piperazine rings is 1. The highest BCUT2D eigenvalue weighted by molar-refractivity contribution is 7.99. The molecule has 1 fully saturated rings. The number of hydrogen-bond acceptors (Lipinski definition) is 7. The van der Waals surface area contributed by atoms with Crippen molar-refractivity contribution < 1.29 is 14.3 Å². The standard InChI is InChI=1S/C28H38N4O3S/c1-19(2)22-8-6-9-23(20(3)4)26(22)30-25(34)17-32-13-11-31(12-14-32)15-16-36-28-29-24-10-5-7-21(18-33)27(24)35-28/h5-10,19-20,33H,11-18H2,1-4H3,(H,30,34). The summed E-state index contributed by atoms with van der Waals surface area (Å²) in [7, 11) is 0. The predicted molar refractivity (Wildman–Crippen MR) is 147 cm³/mol. The van der Waals surface area contributed by atoms with E-state index in [1.54, 1.807) is 11.8 Å². The van der Waals surface area contributed by atoms with Gasteiger partial charge in [0.15, 0.2) is 5.58 Å². The van der Waals surface area contributed by atoms with Gasteiger partial charge >= 0.3 is 0 Å². The Morgan fingerprint density at radius 2 is 1.67 bits per heavy atom. The van der Waals surface area contributed by atoms with Crippen LogP contribution in [0.3, 0.4) is 0 Å². The zero-order chi connectivity index (χ0) is 25.7. The van der Waals surface area contributed by atoms with E-state index in [0.29, 0.717) is 29.2 Å². The van der Waals surface area contributed by atoms with Gasteiger partial charge in [-0.1, -0.05) is 69.8 Å². The topological polar surface area (TPSA) is 81.8 Å². The van der Waals surface area contributed by atoms with Crippen molar-refractivity contribution in [2.75, 3.05) is 50.3 Å². The zero-order valence-electron chi connectivity index (χ0n) is 21.8. The molecule has 3 aromatic rings. The highest BCUT2D eigenvalue weighted by Gasteiger charge is 2.21. The zero-order valence-corrected chi connectivity index (χ0v) is 22.6. The number of fused-ring (bicyclic) bond motifs is 1. The van der Waals surface area contributed by atoms with Crippen LogP contribution in [0.25, 0.3) is 11.1 Å². The molecule has 0 atom stereocenters. The van der Waals surface area contributed by atoms with Crippen LogP contribution in [0.2, 0.25) is 0 Å². The largest absolute Gasteiger partial charge is 0.431 e. The Balaban J connectivity index is 1.24. The van der Waals surface area contributed by atoms with Gasteiger partial charge in [-0.05, 0) is 29.0 Å². The first-order chi connectivity index (χ1) is 17.4. The summed E-state index contributed by atoms with van der Waals surface area (Å²) in [6, 6.07) is 12.0. The predicted octanol–water partition coefficient (Wildman–Crippen LogP) is 4.92. The molecule has 2 heterocycles.